The third-order valence-corrected chi connectivity index (χ3v) is 5.97. The topological polar surface area (TPSA) is 167 Å². The smallest absolute Gasteiger partial charge is 0.462 e. The fourth-order valence-corrected chi connectivity index (χ4v) is 4.13. The van der Waals surface area contributed by atoms with Crippen molar-refractivity contribution >= 4 is 37.0 Å². The van der Waals surface area contributed by atoms with Gasteiger partial charge in [-0.3, -0.25) is 14.2 Å². The molecule has 13 nitrogen and oxygen atoms in total. The second-order valence-electron chi connectivity index (χ2n) is 8.24. The highest BCUT2D eigenvalue weighted by Gasteiger charge is 2.56. The first-order chi connectivity index (χ1) is 15.9. The number of carbonyl (C=O) groups is 2. The molecule has 1 aliphatic heterocycles. The number of amides is 1. The highest BCUT2D eigenvalue weighted by molar-refractivity contribution is 7.36. The minimum absolute atomic E-state index is 0.142. The lowest BCUT2D eigenvalue weighted by Crippen LogP contribution is -2.40. The van der Waals surface area contributed by atoms with Crippen molar-refractivity contribution in [2.45, 2.75) is 70.9 Å². The monoisotopic (exact) mass is 501 g/mol. The molecule has 15 heteroatoms. The van der Waals surface area contributed by atoms with Crippen molar-refractivity contribution in [1.29, 1.82) is 0 Å². The minimum atomic E-state index is -2.54. The van der Waals surface area contributed by atoms with Crippen LogP contribution in [0.15, 0.2) is 12.7 Å². The molecule has 1 unspecified atom stereocenters. The van der Waals surface area contributed by atoms with E-state index < -0.39 is 50.9 Å². The Bertz CT molecular complexity index is 1080. The molecule has 0 aromatic carbocycles. The van der Waals surface area contributed by atoms with E-state index in [9.17, 15) is 19.3 Å². The Kier molecular flexibility index (Phi) is 7.88. The Morgan fingerprint density at radius 1 is 1.35 bits per heavy atom. The molecule has 0 bridgehead atoms. The number of hydrogen-bond donors (Lipinski definition) is 3. The molecule has 3 rings (SSSR count). The Morgan fingerprint density at radius 3 is 2.71 bits per heavy atom. The summed E-state index contributed by atoms with van der Waals surface area (Å²) in [6.07, 6.45) is -2.09. The van der Waals surface area contributed by atoms with Crippen LogP contribution in [0, 0.1) is 0 Å². The molecular weight excluding hydrogens is 474 g/mol. The maximum atomic E-state index is 15.5. The first-order valence-electron chi connectivity index (χ1n) is 10.5. The molecule has 0 radical (unpaired) electrons. The molecule has 1 amide bonds. The molecule has 1 aliphatic rings. The van der Waals surface area contributed by atoms with Gasteiger partial charge in [0.25, 0.3) is 0 Å². The summed E-state index contributed by atoms with van der Waals surface area (Å²) in [5, 5.41) is 15.5. The molecule has 0 saturated carbocycles. The molecule has 1 fully saturated rings. The van der Waals surface area contributed by atoms with Crippen LogP contribution in [-0.4, -0.2) is 73.1 Å². The molecule has 3 heterocycles. The van der Waals surface area contributed by atoms with Gasteiger partial charge in [0.05, 0.1) is 12.4 Å². The molecule has 1 saturated heterocycles. The zero-order valence-corrected chi connectivity index (χ0v) is 20.2. The van der Waals surface area contributed by atoms with Crippen molar-refractivity contribution in [3.8, 4) is 0 Å². The van der Waals surface area contributed by atoms with Crippen LogP contribution in [0.2, 0.25) is 0 Å². The van der Waals surface area contributed by atoms with E-state index in [0.717, 1.165) is 6.92 Å². The summed E-state index contributed by atoms with van der Waals surface area (Å²) >= 11 is 0. The number of rotatable bonds is 9. The number of aromatic nitrogens is 4. The van der Waals surface area contributed by atoms with Crippen molar-refractivity contribution in [2.75, 3.05) is 11.9 Å². The van der Waals surface area contributed by atoms with E-state index in [-0.39, 0.29) is 29.0 Å². The van der Waals surface area contributed by atoms with Gasteiger partial charge in [0.1, 0.15) is 31.2 Å². The Hall–Kier alpha value is -2.64. The van der Waals surface area contributed by atoms with Crippen LogP contribution in [0.25, 0.3) is 11.2 Å². The largest absolute Gasteiger partial charge is 0.613 e. The van der Waals surface area contributed by atoms with Gasteiger partial charge in [0, 0.05) is 6.92 Å². The van der Waals surface area contributed by atoms with Gasteiger partial charge < -0.3 is 19.9 Å². The van der Waals surface area contributed by atoms with Gasteiger partial charge >= 0.3 is 14.1 Å². The van der Waals surface area contributed by atoms with E-state index in [2.05, 4.69) is 25.4 Å². The maximum absolute atomic E-state index is 15.5. The van der Waals surface area contributed by atoms with E-state index in [1.165, 1.54) is 31.1 Å². The van der Waals surface area contributed by atoms with Crippen LogP contribution in [0.1, 0.15) is 40.8 Å². The quantitative estimate of drug-likeness (QED) is 0.335. The summed E-state index contributed by atoms with van der Waals surface area (Å²) < 4.78 is 44.9. The van der Waals surface area contributed by atoms with Crippen LogP contribution in [0.5, 0.6) is 0 Å². The summed E-state index contributed by atoms with van der Waals surface area (Å²) in [4.78, 5) is 35.4. The normalized spacial score (nSPS) is 26.0. The lowest BCUT2D eigenvalue weighted by Gasteiger charge is -2.24. The van der Waals surface area contributed by atoms with Crippen molar-refractivity contribution in [3.63, 3.8) is 0 Å². The first-order valence-corrected chi connectivity index (χ1v) is 11.6. The third kappa shape index (κ3) is 5.53. The van der Waals surface area contributed by atoms with Crippen LogP contribution < -0.4 is 10.4 Å². The second kappa shape index (κ2) is 10.3. The zero-order chi connectivity index (χ0) is 25.2. The lowest BCUT2D eigenvalue weighted by molar-refractivity contribution is -0.149. The SMILES string of the molecule is CC(=O)Nc1ncnc2c1ncn2[C@@H]1O[C@H](CO[P+](=O)N[C@@H](C)C(=O)OC(C)C)[C@@H](O)[C@@]1(C)F. The zero-order valence-electron chi connectivity index (χ0n) is 19.3. The van der Waals surface area contributed by atoms with Crippen molar-refractivity contribution in [1.82, 2.24) is 24.6 Å². The highest BCUT2D eigenvalue weighted by Crippen LogP contribution is 2.43. The number of carbonyl (C=O) groups excluding carboxylic acids is 2. The summed E-state index contributed by atoms with van der Waals surface area (Å²) in [6, 6.07) is -0.908. The fraction of sp³-hybridized carbons (Fsp3) is 0.632. The summed E-state index contributed by atoms with van der Waals surface area (Å²) in [7, 11) is -2.54. The van der Waals surface area contributed by atoms with Crippen molar-refractivity contribution in [2.24, 2.45) is 0 Å². The van der Waals surface area contributed by atoms with Gasteiger partial charge in [0.15, 0.2) is 28.9 Å². The van der Waals surface area contributed by atoms with Gasteiger partial charge in [-0.1, -0.05) is 5.09 Å². The summed E-state index contributed by atoms with van der Waals surface area (Å²) in [5.41, 5.74) is -1.92. The number of nitrogens with one attached hydrogen (secondary N) is 2. The van der Waals surface area contributed by atoms with Crippen molar-refractivity contribution < 1.29 is 37.6 Å². The van der Waals surface area contributed by atoms with E-state index in [1.807, 2.05) is 0 Å². The Balaban J connectivity index is 1.70. The molecule has 34 heavy (non-hydrogen) atoms. The summed E-state index contributed by atoms with van der Waals surface area (Å²) in [6.45, 7) is 6.84. The molecular formula is C19H27FN6O7P+. The van der Waals surface area contributed by atoms with Gasteiger partial charge in [-0.2, -0.15) is 0 Å². The average Bonchev–Trinajstić information content (AvgIpc) is 3.25. The number of imidazole rings is 1. The first kappa shape index (κ1) is 26.0. The molecule has 6 atom stereocenters. The van der Waals surface area contributed by atoms with E-state index >= 15 is 4.39 Å². The number of alkyl halides is 1. The van der Waals surface area contributed by atoms with Crippen LogP contribution >= 0.6 is 8.18 Å². The van der Waals surface area contributed by atoms with Crippen LogP contribution in [0.3, 0.4) is 0 Å². The van der Waals surface area contributed by atoms with Gasteiger partial charge in [-0.25, -0.2) is 19.3 Å². The van der Waals surface area contributed by atoms with Gasteiger partial charge in [-0.15, -0.1) is 4.52 Å². The molecule has 186 valence electrons. The molecule has 3 N–H and O–H groups in total. The predicted molar refractivity (Wildman–Crippen MR) is 116 cm³/mol. The number of anilines is 1. The number of fused-ring (bicyclic) bond motifs is 1. The number of nitrogens with zero attached hydrogens (tertiary/aromatic N) is 4. The number of aliphatic hydroxyl groups is 1. The number of ether oxygens (including phenoxy) is 2. The number of esters is 1. The third-order valence-electron chi connectivity index (χ3n) is 4.98. The van der Waals surface area contributed by atoms with Crippen LogP contribution in [0.4, 0.5) is 10.2 Å². The number of halogens is 1. The molecule has 0 aliphatic carbocycles. The lowest BCUT2D eigenvalue weighted by atomic mass is 9.98. The standard InChI is InChI=1S/C19H26FN6O7P/c1-9(2)32-17(29)10(3)25-34(30)31-6-12-14(28)19(5,20)18(33-12)26-8-23-13-15(24-11(4)27)21-7-22-16(13)26/h7-10,12,14,18,28H,6H2,1-5H3,(H-,21,22,24,25,27,30)/p+1/t10-,12+,14+,18+,19+/m0/s1. The minimum Gasteiger partial charge on any atom is -0.462 e. The second-order valence-corrected chi connectivity index (χ2v) is 9.27. The number of aliphatic hydroxyl groups excluding tert-OH is 1. The highest BCUT2D eigenvalue weighted by atomic mass is 31.1. The molecule has 2 aromatic heterocycles. The average molecular weight is 501 g/mol. The Labute approximate surface area is 195 Å². The van der Waals surface area contributed by atoms with Gasteiger partial charge in [0.2, 0.25) is 5.91 Å². The Morgan fingerprint density at radius 2 is 2.06 bits per heavy atom. The molecule has 2 aromatic rings. The van der Waals surface area contributed by atoms with E-state index in [4.69, 9.17) is 14.0 Å². The molecule has 0 spiro atoms. The fourth-order valence-electron chi connectivity index (χ4n) is 3.36. The van der Waals surface area contributed by atoms with Crippen LogP contribution in [-0.2, 0) is 28.2 Å². The maximum Gasteiger partial charge on any atom is 0.613 e. The van der Waals surface area contributed by atoms with Gasteiger partial charge in [-0.05, 0) is 32.3 Å². The van der Waals surface area contributed by atoms with E-state index in [1.54, 1.807) is 13.8 Å². The van der Waals surface area contributed by atoms with Crippen molar-refractivity contribution in [3.05, 3.63) is 12.7 Å². The van der Waals surface area contributed by atoms with E-state index in [0.29, 0.717) is 0 Å². The summed E-state index contributed by atoms with van der Waals surface area (Å²) in [5.74, 6) is -0.837. The predicted octanol–water partition coefficient (Wildman–Crippen LogP) is 1.37. The number of hydrogen-bond acceptors (Lipinski definition) is 10.